The van der Waals surface area contributed by atoms with Crippen LogP contribution in [0.2, 0.25) is 0 Å². The Labute approximate surface area is 165 Å². The van der Waals surface area contributed by atoms with Gasteiger partial charge in [0.2, 0.25) is 5.91 Å². The maximum absolute atomic E-state index is 12.7. The van der Waals surface area contributed by atoms with Gasteiger partial charge >= 0.3 is 0 Å². The van der Waals surface area contributed by atoms with Gasteiger partial charge in [-0.15, -0.1) is 0 Å². The summed E-state index contributed by atoms with van der Waals surface area (Å²) in [4.78, 5) is 17.0. The lowest BCUT2D eigenvalue weighted by atomic mass is 10.1. The highest BCUT2D eigenvalue weighted by Crippen LogP contribution is 2.19. The summed E-state index contributed by atoms with van der Waals surface area (Å²) in [5, 5.41) is 6.34. The number of amides is 1. The van der Waals surface area contributed by atoms with E-state index >= 15 is 0 Å². The van der Waals surface area contributed by atoms with Crippen LogP contribution in [0, 0.1) is 6.92 Å². The number of ether oxygens (including phenoxy) is 1. The summed E-state index contributed by atoms with van der Waals surface area (Å²) in [6, 6.07) is 15.3. The van der Waals surface area contributed by atoms with Crippen LogP contribution in [0.25, 0.3) is 5.69 Å². The lowest BCUT2D eigenvalue weighted by Crippen LogP contribution is -2.39. The van der Waals surface area contributed by atoms with Crippen LogP contribution in [0.5, 0.6) is 5.75 Å². The van der Waals surface area contributed by atoms with Crippen molar-refractivity contribution in [2.45, 2.75) is 32.9 Å². The van der Waals surface area contributed by atoms with Crippen LogP contribution >= 0.6 is 0 Å². The van der Waals surface area contributed by atoms with Crippen molar-refractivity contribution in [1.29, 1.82) is 0 Å². The van der Waals surface area contributed by atoms with Gasteiger partial charge in [-0.2, -0.15) is 0 Å². The van der Waals surface area contributed by atoms with E-state index in [1.54, 1.807) is 13.3 Å². The average Bonchev–Trinajstić information content (AvgIpc) is 3.16. The number of benzene rings is 2. The Hall–Kier alpha value is -3.28. The smallest absolute Gasteiger partial charge is 0.242 e. The zero-order valence-electron chi connectivity index (χ0n) is 16.5. The Balaban J connectivity index is 1.68. The molecule has 3 aromatic rings. The number of aromatic nitrogens is 2. The van der Waals surface area contributed by atoms with Gasteiger partial charge in [0, 0.05) is 30.7 Å². The quantitative estimate of drug-likeness (QED) is 0.627. The van der Waals surface area contributed by atoms with Crippen LogP contribution in [0.15, 0.2) is 60.9 Å². The van der Waals surface area contributed by atoms with Gasteiger partial charge in [-0.1, -0.05) is 31.2 Å². The molecule has 3 rings (SSSR count). The maximum atomic E-state index is 12.7. The lowest BCUT2D eigenvalue weighted by molar-refractivity contribution is -0.122. The van der Waals surface area contributed by atoms with E-state index in [1.165, 1.54) is 0 Å². The summed E-state index contributed by atoms with van der Waals surface area (Å²) in [5.74, 6) is 1.62. The summed E-state index contributed by atoms with van der Waals surface area (Å²) in [5.41, 5.74) is 2.91. The SMILES string of the molecule is CC[C@@H](Nc1cccc(OC)c1)C(=O)NCc1ccccc1-n1ccnc1C. The first kappa shape index (κ1) is 19.5. The van der Waals surface area contributed by atoms with E-state index in [0.717, 1.165) is 28.5 Å². The molecule has 0 fully saturated rings. The van der Waals surface area contributed by atoms with Crippen LogP contribution in [-0.2, 0) is 11.3 Å². The highest BCUT2D eigenvalue weighted by Gasteiger charge is 2.17. The monoisotopic (exact) mass is 378 g/mol. The van der Waals surface area contributed by atoms with E-state index in [-0.39, 0.29) is 11.9 Å². The molecule has 1 amide bonds. The Bertz CT molecular complexity index is 936. The molecule has 2 aromatic carbocycles. The van der Waals surface area contributed by atoms with Gasteiger partial charge in [0.1, 0.15) is 17.6 Å². The maximum Gasteiger partial charge on any atom is 0.242 e. The third-order valence-corrected chi connectivity index (χ3v) is 4.67. The summed E-state index contributed by atoms with van der Waals surface area (Å²) in [6.45, 7) is 4.39. The first-order chi connectivity index (χ1) is 13.6. The van der Waals surface area contributed by atoms with Crippen molar-refractivity contribution in [3.8, 4) is 11.4 Å². The number of carbonyl (C=O) groups is 1. The summed E-state index contributed by atoms with van der Waals surface area (Å²) in [6.07, 6.45) is 4.37. The van der Waals surface area contributed by atoms with Gasteiger partial charge in [-0.3, -0.25) is 4.79 Å². The molecule has 0 aliphatic carbocycles. The van der Waals surface area contributed by atoms with Crippen molar-refractivity contribution in [1.82, 2.24) is 14.9 Å². The predicted octanol–water partition coefficient (Wildman–Crippen LogP) is 3.70. The molecule has 0 spiro atoms. The Morgan fingerprint density at radius 2 is 2.04 bits per heavy atom. The minimum atomic E-state index is -0.325. The van der Waals surface area contributed by atoms with E-state index < -0.39 is 0 Å². The Morgan fingerprint density at radius 3 is 2.75 bits per heavy atom. The van der Waals surface area contributed by atoms with Crippen molar-refractivity contribution >= 4 is 11.6 Å². The first-order valence-electron chi connectivity index (χ1n) is 9.39. The topological polar surface area (TPSA) is 68.2 Å². The molecule has 0 unspecified atom stereocenters. The van der Waals surface area contributed by atoms with Crippen LogP contribution in [0.1, 0.15) is 24.7 Å². The van der Waals surface area contributed by atoms with E-state index in [0.29, 0.717) is 13.0 Å². The number of aryl methyl sites for hydroxylation is 1. The zero-order chi connectivity index (χ0) is 19.9. The number of nitrogens with one attached hydrogen (secondary N) is 2. The van der Waals surface area contributed by atoms with Crippen molar-refractivity contribution in [3.05, 3.63) is 72.3 Å². The lowest BCUT2D eigenvalue weighted by Gasteiger charge is -2.19. The van der Waals surface area contributed by atoms with Gasteiger partial charge in [-0.25, -0.2) is 4.98 Å². The van der Waals surface area contributed by atoms with Gasteiger partial charge < -0.3 is 19.9 Å². The summed E-state index contributed by atoms with van der Waals surface area (Å²) >= 11 is 0. The second-order valence-corrected chi connectivity index (χ2v) is 6.53. The fraction of sp³-hybridized carbons (Fsp3) is 0.273. The van der Waals surface area contributed by atoms with Gasteiger partial charge in [-0.05, 0) is 37.1 Å². The summed E-state index contributed by atoms with van der Waals surface area (Å²) < 4.78 is 7.27. The van der Waals surface area contributed by atoms with Crippen LogP contribution < -0.4 is 15.4 Å². The molecule has 1 aromatic heterocycles. The van der Waals surface area contributed by atoms with E-state index in [9.17, 15) is 4.79 Å². The number of methoxy groups -OCH3 is 1. The third-order valence-electron chi connectivity index (χ3n) is 4.67. The molecule has 6 heteroatoms. The third kappa shape index (κ3) is 4.52. The molecule has 1 heterocycles. The molecule has 6 nitrogen and oxygen atoms in total. The molecule has 0 radical (unpaired) electrons. The number of anilines is 1. The largest absolute Gasteiger partial charge is 0.497 e. The Kier molecular flexibility index (Phi) is 6.32. The number of nitrogens with zero attached hydrogens (tertiary/aromatic N) is 2. The highest BCUT2D eigenvalue weighted by molar-refractivity contribution is 5.84. The number of rotatable bonds is 8. The number of carbonyl (C=O) groups excluding carboxylic acids is 1. The van der Waals surface area contributed by atoms with Gasteiger partial charge in [0.05, 0.1) is 12.8 Å². The fourth-order valence-corrected chi connectivity index (χ4v) is 3.10. The number of hydrogen-bond acceptors (Lipinski definition) is 4. The first-order valence-corrected chi connectivity index (χ1v) is 9.39. The summed E-state index contributed by atoms with van der Waals surface area (Å²) in [7, 11) is 1.63. The van der Waals surface area contributed by atoms with E-state index in [4.69, 9.17) is 4.74 Å². The second-order valence-electron chi connectivity index (χ2n) is 6.53. The number of para-hydroxylation sites is 1. The molecule has 0 aliphatic heterocycles. The molecule has 0 saturated carbocycles. The van der Waals surface area contributed by atoms with Gasteiger partial charge in [0.15, 0.2) is 0 Å². The Morgan fingerprint density at radius 1 is 1.21 bits per heavy atom. The molecule has 28 heavy (non-hydrogen) atoms. The fourth-order valence-electron chi connectivity index (χ4n) is 3.10. The molecular formula is C22H26N4O2. The van der Waals surface area contributed by atoms with E-state index in [2.05, 4.69) is 15.6 Å². The number of imidazole rings is 1. The van der Waals surface area contributed by atoms with Crippen molar-refractivity contribution < 1.29 is 9.53 Å². The minimum Gasteiger partial charge on any atom is -0.497 e. The van der Waals surface area contributed by atoms with Crippen molar-refractivity contribution in [3.63, 3.8) is 0 Å². The normalized spacial score (nSPS) is 11.7. The molecule has 0 saturated heterocycles. The predicted molar refractivity (Wildman–Crippen MR) is 111 cm³/mol. The number of hydrogen-bond donors (Lipinski definition) is 2. The standard InChI is InChI=1S/C22H26N4O2/c1-4-20(25-18-9-7-10-19(14-18)28-3)22(27)24-15-17-8-5-6-11-21(17)26-13-12-23-16(26)2/h5-14,20,25H,4,15H2,1-3H3,(H,24,27)/t20-/m1/s1. The van der Waals surface area contributed by atoms with Crippen molar-refractivity contribution in [2.24, 2.45) is 0 Å². The molecule has 2 N–H and O–H groups in total. The molecule has 146 valence electrons. The van der Waals surface area contributed by atoms with Gasteiger partial charge in [0.25, 0.3) is 0 Å². The average molecular weight is 378 g/mol. The van der Waals surface area contributed by atoms with Crippen LogP contribution in [0.3, 0.4) is 0 Å². The molecular weight excluding hydrogens is 352 g/mol. The second kappa shape index (κ2) is 9.08. The molecule has 0 bridgehead atoms. The van der Waals surface area contributed by atoms with Crippen molar-refractivity contribution in [2.75, 3.05) is 12.4 Å². The van der Waals surface area contributed by atoms with E-state index in [1.807, 2.05) is 73.1 Å². The molecule has 1 atom stereocenters. The zero-order valence-corrected chi connectivity index (χ0v) is 16.5. The van der Waals surface area contributed by atoms with Crippen LogP contribution in [-0.4, -0.2) is 28.6 Å². The highest BCUT2D eigenvalue weighted by atomic mass is 16.5. The minimum absolute atomic E-state index is 0.0394. The van der Waals surface area contributed by atoms with Crippen LogP contribution in [0.4, 0.5) is 5.69 Å². The molecule has 0 aliphatic rings.